The second-order valence-electron chi connectivity index (χ2n) is 5.60. The van der Waals surface area contributed by atoms with Crippen LogP contribution in [-0.4, -0.2) is 41.0 Å². The normalized spacial score (nSPS) is 10.4. The van der Waals surface area contributed by atoms with Crippen molar-refractivity contribution < 1.29 is 9.18 Å². The zero-order valence-electron chi connectivity index (χ0n) is 13.6. The second kappa shape index (κ2) is 7.63. The second-order valence-corrected chi connectivity index (χ2v) is 5.60. The van der Waals surface area contributed by atoms with Crippen molar-refractivity contribution in [2.75, 3.05) is 20.6 Å². The van der Waals surface area contributed by atoms with Gasteiger partial charge in [0, 0.05) is 39.1 Å². The maximum Gasteiger partial charge on any atom is 0.320 e. The van der Waals surface area contributed by atoms with Crippen molar-refractivity contribution in [3.8, 4) is 0 Å². The van der Waals surface area contributed by atoms with Gasteiger partial charge in [-0.25, -0.2) is 9.18 Å². The molecule has 0 saturated heterocycles. The van der Waals surface area contributed by atoms with E-state index in [0.717, 1.165) is 11.3 Å². The average Bonchev–Trinajstić information content (AvgIpc) is 2.93. The molecule has 1 aromatic heterocycles. The molecule has 5 heteroatoms. The minimum Gasteiger partial charge on any atom is -0.345 e. The van der Waals surface area contributed by atoms with Crippen LogP contribution in [0.25, 0.3) is 0 Å². The number of benzene rings is 1. The highest BCUT2D eigenvalue weighted by Crippen LogP contribution is 2.12. The molecule has 0 spiro atoms. The fourth-order valence-corrected chi connectivity index (χ4v) is 2.42. The number of hydrogen-bond donors (Lipinski definition) is 0. The van der Waals surface area contributed by atoms with E-state index < -0.39 is 0 Å². The van der Waals surface area contributed by atoms with Gasteiger partial charge in [-0.05, 0) is 29.8 Å². The Bertz CT molecular complexity index is 678. The Hall–Kier alpha value is -2.56. The minimum absolute atomic E-state index is 0.0663. The van der Waals surface area contributed by atoms with Crippen LogP contribution in [0.5, 0.6) is 0 Å². The molecule has 23 heavy (non-hydrogen) atoms. The van der Waals surface area contributed by atoms with Gasteiger partial charge in [-0.2, -0.15) is 0 Å². The number of carbonyl (C=O) groups is 1. The van der Waals surface area contributed by atoms with Crippen molar-refractivity contribution in [3.05, 3.63) is 72.3 Å². The van der Waals surface area contributed by atoms with E-state index in [2.05, 4.69) is 6.58 Å². The van der Waals surface area contributed by atoms with Crippen LogP contribution in [0, 0.1) is 5.82 Å². The lowest BCUT2D eigenvalue weighted by Crippen LogP contribution is -2.39. The zero-order chi connectivity index (χ0) is 16.8. The van der Waals surface area contributed by atoms with Gasteiger partial charge >= 0.3 is 6.03 Å². The van der Waals surface area contributed by atoms with E-state index in [4.69, 9.17) is 0 Å². The summed E-state index contributed by atoms with van der Waals surface area (Å²) in [6.45, 7) is 5.23. The fourth-order valence-electron chi connectivity index (χ4n) is 2.42. The summed E-state index contributed by atoms with van der Waals surface area (Å²) >= 11 is 0. The predicted octanol–water partition coefficient (Wildman–Crippen LogP) is 3.35. The minimum atomic E-state index is -0.243. The van der Waals surface area contributed by atoms with E-state index in [1.54, 1.807) is 36.0 Å². The van der Waals surface area contributed by atoms with Gasteiger partial charge in [0.25, 0.3) is 0 Å². The van der Waals surface area contributed by atoms with Crippen molar-refractivity contribution in [1.29, 1.82) is 0 Å². The third kappa shape index (κ3) is 4.45. The first-order chi connectivity index (χ1) is 11.0. The van der Waals surface area contributed by atoms with Crippen LogP contribution >= 0.6 is 0 Å². The van der Waals surface area contributed by atoms with Crippen LogP contribution in [0.15, 0.2) is 55.3 Å². The maximum absolute atomic E-state index is 13.3. The summed E-state index contributed by atoms with van der Waals surface area (Å²) in [6.07, 6.45) is 3.65. The summed E-state index contributed by atoms with van der Waals surface area (Å²) in [6, 6.07) is 10.4. The molecular weight excluding hydrogens is 293 g/mol. The lowest BCUT2D eigenvalue weighted by molar-refractivity contribution is 0.173. The Kier molecular flexibility index (Phi) is 5.57. The molecule has 0 aliphatic carbocycles. The summed E-state index contributed by atoms with van der Waals surface area (Å²) in [4.78, 5) is 15.5. The Morgan fingerprint density at radius 3 is 2.74 bits per heavy atom. The van der Waals surface area contributed by atoms with E-state index in [1.807, 2.05) is 29.0 Å². The van der Waals surface area contributed by atoms with E-state index >= 15 is 0 Å². The highest BCUT2D eigenvalue weighted by Gasteiger charge is 2.16. The number of aromatic nitrogens is 1. The summed E-state index contributed by atoms with van der Waals surface area (Å²) in [5.74, 6) is -0.243. The average molecular weight is 315 g/mol. The van der Waals surface area contributed by atoms with Crippen molar-refractivity contribution in [2.24, 2.45) is 0 Å². The largest absolute Gasteiger partial charge is 0.345 e. The standard InChI is InChI=1S/C18H22FN3O/c1-4-10-22(18(23)20(2)3)14-17-9-6-11-21(17)13-15-7-5-8-16(19)12-15/h4-9,11-12H,1,10,13-14H2,2-3H3. The molecule has 0 atom stereocenters. The van der Waals surface area contributed by atoms with Crippen LogP contribution in [0.2, 0.25) is 0 Å². The van der Waals surface area contributed by atoms with Crippen molar-refractivity contribution in [1.82, 2.24) is 14.4 Å². The monoisotopic (exact) mass is 315 g/mol. The Labute approximate surface area is 136 Å². The first kappa shape index (κ1) is 16.8. The number of halogens is 1. The molecule has 122 valence electrons. The molecule has 0 radical (unpaired) electrons. The Morgan fingerprint density at radius 1 is 1.30 bits per heavy atom. The van der Waals surface area contributed by atoms with Crippen LogP contribution in [-0.2, 0) is 13.1 Å². The van der Waals surface area contributed by atoms with E-state index in [9.17, 15) is 9.18 Å². The van der Waals surface area contributed by atoms with Gasteiger partial charge in [0.15, 0.2) is 0 Å². The van der Waals surface area contributed by atoms with Gasteiger partial charge in [0.1, 0.15) is 5.82 Å². The van der Waals surface area contributed by atoms with Crippen molar-refractivity contribution in [3.63, 3.8) is 0 Å². The highest BCUT2D eigenvalue weighted by molar-refractivity contribution is 5.73. The van der Waals surface area contributed by atoms with Crippen molar-refractivity contribution >= 4 is 6.03 Å². The van der Waals surface area contributed by atoms with Gasteiger partial charge in [-0.3, -0.25) is 0 Å². The topological polar surface area (TPSA) is 28.5 Å². The van der Waals surface area contributed by atoms with E-state index in [-0.39, 0.29) is 11.8 Å². The Balaban J connectivity index is 2.16. The molecule has 0 saturated carbocycles. The quantitative estimate of drug-likeness (QED) is 0.752. The molecule has 0 aliphatic heterocycles. The first-order valence-corrected chi connectivity index (χ1v) is 7.47. The van der Waals surface area contributed by atoms with Crippen LogP contribution in [0.4, 0.5) is 9.18 Å². The summed E-state index contributed by atoms with van der Waals surface area (Å²) in [7, 11) is 3.45. The maximum atomic E-state index is 13.3. The van der Waals surface area contributed by atoms with E-state index in [1.165, 1.54) is 12.1 Å². The summed E-state index contributed by atoms with van der Waals surface area (Å²) in [5.41, 5.74) is 1.88. The number of rotatable bonds is 6. The SMILES string of the molecule is C=CCN(Cc1cccn1Cc1cccc(F)c1)C(=O)N(C)C. The number of amides is 2. The zero-order valence-corrected chi connectivity index (χ0v) is 13.6. The van der Waals surface area contributed by atoms with Crippen LogP contribution < -0.4 is 0 Å². The van der Waals surface area contributed by atoms with Crippen molar-refractivity contribution in [2.45, 2.75) is 13.1 Å². The first-order valence-electron chi connectivity index (χ1n) is 7.47. The van der Waals surface area contributed by atoms with Gasteiger partial charge in [0.05, 0.1) is 6.54 Å². The summed E-state index contributed by atoms with van der Waals surface area (Å²) < 4.78 is 15.3. The molecule has 0 aliphatic rings. The molecule has 0 unspecified atom stereocenters. The lowest BCUT2D eigenvalue weighted by atomic mass is 10.2. The third-order valence-corrected chi connectivity index (χ3v) is 3.52. The molecule has 1 aromatic carbocycles. The van der Waals surface area contributed by atoms with Crippen LogP contribution in [0.1, 0.15) is 11.3 Å². The molecule has 0 N–H and O–H groups in total. The smallest absolute Gasteiger partial charge is 0.320 e. The predicted molar refractivity (Wildman–Crippen MR) is 89.6 cm³/mol. The molecule has 1 heterocycles. The van der Waals surface area contributed by atoms with Gasteiger partial charge in [0.2, 0.25) is 0 Å². The lowest BCUT2D eigenvalue weighted by Gasteiger charge is -2.25. The fraction of sp³-hybridized carbons (Fsp3) is 0.278. The van der Waals surface area contributed by atoms with Gasteiger partial charge in [-0.1, -0.05) is 18.2 Å². The Morgan fingerprint density at radius 2 is 2.09 bits per heavy atom. The molecular formula is C18H22FN3O. The highest BCUT2D eigenvalue weighted by atomic mass is 19.1. The van der Waals surface area contributed by atoms with E-state index in [0.29, 0.717) is 19.6 Å². The number of urea groups is 1. The van der Waals surface area contributed by atoms with Gasteiger partial charge < -0.3 is 14.4 Å². The van der Waals surface area contributed by atoms with Crippen LogP contribution in [0.3, 0.4) is 0 Å². The molecule has 2 amide bonds. The molecule has 2 aromatic rings. The molecule has 4 nitrogen and oxygen atoms in total. The summed E-state index contributed by atoms with van der Waals surface area (Å²) in [5, 5.41) is 0. The third-order valence-electron chi connectivity index (χ3n) is 3.52. The molecule has 2 rings (SSSR count). The molecule has 0 bridgehead atoms. The number of carbonyl (C=O) groups excluding carboxylic acids is 1. The number of hydrogen-bond acceptors (Lipinski definition) is 1. The van der Waals surface area contributed by atoms with Gasteiger partial charge in [-0.15, -0.1) is 6.58 Å². The molecule has 0 fully saturated rings. The number of nitrogens with zero attached hydrogens (tertiary/aromatic N) is 3.